The Morgan fingerprint density at radius 2 is 2.24 bits per heavy atom. The highest BCUT2D eigenvalue weighted by Crippen LogP contribution is 2.27. The predicted molar refractivity (Wildman–Crippen MR) is 52.9 cm³/mol. The monoisotopic (exact) mass is 249 g/mol. The number of aliphatic hydroxyl groups is 2. The molecule has 4 atom stereocenters. The van der Waals surface area contributed by atoms with Gasteiger partial charge < -0.3 is 14.9 Å². The summed E-state index contributed by atoms with van der Waals surface area (Å²) in [5.41, 5.74) is -2.36. The Morgan fingerprint density at radius 1 is 1.53 bits per heavy atom. The van der Waals surface area contributed by atoms with Crippen molar-refractivity contribution in [3.63, 3.8) is 0 Å². The number of ether oxygens (including phenoxy) is 1. The summed E-state index contributed by atoms with van der Waals surface area (Å²) < 4.78 is 40.0. The van der Waals surface area contributed by atoms with E-state index in [0.29, 0.717) is 10.8 Å². The van der Waals surface area contributed by atoms with Crippen LogP contribution < -0.4 is 11.2 Å². The van der Waals surface area contributed by atoms with Crippen LogP contribution >= 0.6 is 0 Å². The molecule has 0 amide bonds. The molecular weight excluding hydrogens is 235 g/mol. The van der Waals surface area contributed by atoms with Crippen LogP contribution in [0, 0.1) is 5.82 Å². The highest BCUT2D eigenvalue weighted by molar-refractivity contribution is 4.93. The zero-order chi connectivity index (χ0) is 15.2. The van der Waals surface area contributed by atoms with Gasteiger partial charge in [0.2, 0.25) is 5.82 Å². The molecule has 0 aromatic carbocycles. The molecule has 1 aromatic heterocycles. The molecule has 2 heterocycles. The predicted octanol–water partition coefficient (Wildman–Crippen LogP) is -1.69. The van der Waals surface area contributed by atoms with Gasteiger partial charge in [-0.2, -0.15) is 4.39 Å². The largest absolute Gasteiger partial charge is 0.388 e. The molecule has 0 saturated carbocycles. The molecule has 17 heavy (non-hydrogen) atoms. The minimum Gasteiger partial charge on any atom is -0.388 e. The number of nitrogens with one attached hydrogen (secondary N) is 1. The van der Waals surface area contributed by atoms with Crippen LogP contribution in [-0.4, -0.2) is 38.1 Å². The first-order chi connectivity index (χ1) is 9.12. The summed E-state index contributed by atoms with van der Waals surface area (Å²) in [5.74, 6) is -1.31. The Morgan fingerprint density at radius 3 is 2.82 bits per heavy atom. The van der Waals surface area contributed by atoms with E-state index in [-0.39, 0.29) is 0 Å². The number of aliphatic hydroxyl groups excluding tert-OH is 2. The lowest BCUT2D eigenvalue weighted by molar-refractivity contribution is -0.0356. The van der Waals surface area contributed by atoms with E-state index in [1.807, 2.05) is 0 Å². The van der Waals surface area contributed by atoms with Gasteiger partial charge in [0.15, 0.2) is 6.23 Å². The third-order valence-electron chi connectivity index (χ3n) is 2.44. The van der Waals surface area contributed by atoms with E-state index < -0.39 is 48.5 Å². The van der Waals surface area contributed by atoms with Crippen LogP contribution in [0.4, 0.5) is 4.39 Å². The second-order valence-corrected chi connectivity index (χ2v) is 3.57. The molecule has 0 bridgehead atoms. The summed E-state index contributed by atoms with van der Waals surface area (Å²) in [6.45, 7) is -2.74. The van der Waals surface area contributed by atoms with Crippen molar-refractivity contribution in [3.05, 3.63) is 32.9 Å². The maximum Gasteiger partial charge on any atom is 0.330 e. The maximum atomic E-state index is 13.2. The van der Waals surface area contributed by atoms with Gasteiger partial charge in [0, 0.05) is 4.11 Å². The molecule has 3 N–H and O–H groups in total. The minimum absolute atomic E-state index is 0.476. The van der Waals surface area contributed by atoms with Crippen LogP contribution in [0.2, 0.25) is 0 Å². The Bertz CT molecular complexity index is 627. The van der Waals surface area contributed by atoms with Crippen molar-refractivity contribution in [2.75, 3.05) is 0 Å². The number of rotatable bonds is 1. The molecule has 0 spiro atoms. The van der Waals surface area contributed by atoms with Gasteiger partial charge in [-0.1, -0.05) is 0 Å². The normalized spacial score (nSPS) is 36.3. The van der Waals surface area contributed by atoms with E-state index in [1.165, 1.54) is 0 Å². The van der Waals surface area contributed by atoms with Gasteiger partial charge in [-0.3, -0.25) is 14.3 Å². The second kappa shape index (κ2) is 4.06. The lowest BCUT2D eigenvalue weighted by Crippen LogP contribution is -2.38. The van der Waals surface area contributed by atoms with Crippen molar-refractivity contribution in [1.82, 2.24) is 9.55 Å². The first-order valence-electron chi connectivity index (χ1n) is 6.15. The lowest BCUT2D eigenvalue weighted by atomic mass is 10.1. The molecule has 1 fully saturated rings. The number of hydrogen-bond acceptors (Lipinski definition) is 5. The maximum absolute atomic E-state index is 13.2. The smallest absolute Gasteiger partial charge is 0.330 e. The Labute approximate surface area is 98.3 Å². The van der Waals surface area contributed by atoms with Crippen molar-refractivity contribution in [2.24, 2.45) is 0 Å². The molecule has 7 nitrogen and oxygen atoms in total. The summed E-state index contributed by atoms with van der Waals surface area (Å²) >= 11 is 0. The fraction of sp³-hybridized carbons (Fsp3) is 0.556. The van der Waals surface area contributed by atoms with E-state index >= 15 is 0 Å². The molecule has 1 unspecified atom stereocenters. The van der Waals surface area contributed by atoms with E-state index in [4.69, 9.17) is 8.85 Å². The fourth-order valence-electron chi connectivity index (χ4n) is 1.54. The van der Waals surface area contributed by atoms with Crippen molar-refractivity contribution >= 4 is 0 Å². The van der Waals surface area contributed by atoms with Gasteiger partial charge in [-0.05, 0) is 6.85 Å². The zero-order valence-electron chi connectivity index (χ0n) is 11.3. The van der Waals surface area contributed by atoms with Gasteiger partial charge in [0.25, 0.3) is 5.56 Å². The van der Waals surface area contributed by atoms with Crippen molar-refractivity contribution in [1.29, 1.82) is 0 Å². The molecule has 1 aliphatic rings. The van der Waals surface area contributed by atoms with Gasteiger partial charge in [0.05, 0.1) is 12.3 Å². The molecule has 94 valence electrons. The van der Waals surface area contributed by atoms with Crippen LogP contribution in [0.5, 0.6) is 0 Å². The van der Waals surface area contributed by atoms with Crippen LogP contribution in [0.15, 0.2) is 15.8 Å². The van der Waals surface area contributed by atoms with E-state index in [1.54, 1.807) is 4.98 Å². The van der Waals surface area contributed by atoms with Gasteiger partial charge >= 0.3 is 5.69 Å². The van der Waals surface area contributed by atoms with E-state index in [9.17, 15) is 24.2 Å². The number of H-pyrrole nitrogens is 1. The standard InChI is InChI=1S/C9H11FN2O5/c1-3-5(13)6(14)8(17-3)12-2-4(10)7(15)11-9(12)16/h2-3,5-6,8,13-14H,1H3,(H,11,15,16)/t3-,5+,6?,8-/m1/s1/i1D3. The average Bonchev–Trinajstić information content (AvgIpc) is 2.61. The van der Waals surface area contributed by atoms with Crippen LogP contribution in [0.3, 0.4) is 0 Å². The van der Waals surface area contributed by atoms with Gasteiger partial charge in [0.1, 0.15) is 12.2 Å². The highest BCUT2D eigenvalue weighted by atomic mass is 19.1. The Kier molecular flexibility index (Phi) is 2.04. The van der Waals surface area contributed by atoms with Gasteiger partial charge in [-0.25, -0.2) is 4.79 Å². The van der Waals surface area contributed by atoms with Crippen LogP contribution in [-0.2, 0) is 4.74 Å². The summed E-state index contributed by atoms with van der Waals surface area (Å²) in [5, 5.41) is 19.4. The summed E-state index contributed by atoms with van der Waals surface area (Å²) in [6.07, 6.45) is -6.42. The zero-order valence-corrected chi connectivity index (χ0v) is 8.33. The molecule has 2 rings (SSSR count). The number of halogens is 1. The van der Waals surface area contributed by atoms with Crippen LogP contribution in [0.1, 0.15) is 17.2 Å². The summed E-state index contributed by atoms with van der Waals surface area (Å²) in [7, 11) is 0. The molecule has 1 saturated heterocycles. The molecule has 8 heteroatoms. The highest BCUT2D eigenvalue weighted by Gasteiger charge is 2.41. The third-order valence-corrected chi connectivity index (χ3v) is 2.44. The number of aromatic nitrogens is 2. The number of nitrogens with zero attached hydrogens (tertiary/aromatic N) is 1. The quantitative estimate of drug-likeness (QED) is 0.551. The number of aromatic amines is 1. The van der Waals surface area contributed by atoms with Crippen molar-refractivity contribution < 1.29 is 23.5 Å². The molecular formula is C9H11FN2O5. The summed E-state index contributed by atoms with van der Waals surface area (Å²) in [6, 6.07) is 0. The van der Waals surface area contributed by atoms with E-state index in [2.05, 4.69) is 0 Å². The third kappa shape index (κ3) is 1.90. The topological polar surface area (TPSA) is 105 Å². The average molecular weight is 249 g/mol. The lowest BCUT2D eigenvalue weighted by Gasteiger charge is -2.16. The number of hydrogen-bond donors (Lipinski definition) is 3. The first-order valence-corrected chi connectivity index (χ1v) is 4.65. The first kappa shape index (κ1) is 8.56. The molecule has 0 radical (unpaired) electrons. The second-order valence-electron chi connectivity index (χ2n) is 3.57. The minimum atomic E-state index is -2.74. The van der Waals surface area contributed by atoms with Crippen LogP contribution in [0.25, 0.3) is 0 Å². The Hall–Kier alpha value is -1.51. The summed E-state index contributed by atoms with van der Waals surface area (Å²) in [4.78, 5) is 24.0. The molecule has 1 aliphatic heterocycles. The molecule has 1 aromatic rings. The van der Waals surface area contributed by atoms with Gasteiger partial charge in [-0.15, -0.1) is 0 Å². The fourth-order valence-corrected chi connectivity index (χ4v) is 1.54. The molecule has 0 aliphatic carbocycles. The SMILES string of the molecule is [2H]C([2H])([2H])[C@H]1O[C@@H](n2cc(F)c(=O)[nH]c2=O)C(O)[C@H]1O. The van der Waals surface area contributed by atoms with Crippen molar-refractivity contribution in [2.45, 2.75) is 31.4 Å². The Balaban J connectivity index is 2.43. The van der Waals surface area contributed by atoms with Crippen molar-refractivity contribution in [3.8, 4) is 0 Å². The van der Waals surface area contributed by atoms with E-state index in [0.717, 1.165) is 0 Å².